The van der Waals surface area contributed by atoms with Gasteiger partial charge in [0, 0.05) is 27.4 Å². The summed E-state index contributed by atoms with van der Waals surface area (Å²) in [5.41, 5.74) is 8.24. The van der Waals surface area contributed by atoms with Crippen LogP contribution in [0.25, 0.3) is 21.9 Å². The zero-order valence-corrected chi connectivity index (χ0v) is 44.3. The first-order chi connectivity index (χ1) is 36.1. The monoisotopic (exact) mass is 1070 g/mol. The highest BCUT2D eigenvalue weighted by Crippen LogP contribution is 2.33. The molecule has 398 valence electrons. The van der Waals surface area contributed by atoms with E-state index < -0.39 is 21.9 Å². The van der Waals surface area contributed by atoms with Crippen molar-refractivity contribution in [1.82, 2.24) is 10.3 Å². The highest BCUT2D eigenvalue weighted by atomic mass is 35.5. The van der Waals surface area contributed by atoms with Crippen LogP contribution in [-0.4, -0.2) is 56.7 Å². The number of nitrogens with zero attached hydrogens (tertiary/aromatic N) is 1. The van der Waals surface area contributed by atoms with E-state index in [1.807, 2.05) is 73.7 Å². The fourth-order valence-electron chi connectivity index (χ4n) is 7.87. The van der Waals surface area contributed by atoms with E-state index in [-0.39, 0.29) is 17.5 Å². The van der Waals surface area contributed by atoms with Crippen LogP contribution in [0.3, 0.4) is 0 Å². The molecule has 75 heavy (non-hydrogen) atoms. The number of aromatic nitrogens is 1. The number of halogens is 4. The molecule has 0 saturated heterocycles. The molecule has 10 nitrogen and oxygen atoms in total. The number of aryl methyl sites for hydroxylation is 3. The highest BCUT2D eigenvalue weighted by Gasteiger charge is 2.30. The van der Waals surface area contributed by atoms with Gasteiger partial charge in [0.1, 0.15) is 17.3 Å². The van der Waals surface area contributed by atoms with E-state index in [4.69, 9.17) is 25.6 Å². The predicted molar refractivity (Wildman–Crippen MR) is 291 cm³/mol. The molecule has 0 radical (unpaired) electrons. The average Bonchev–Trinajstić information content (AvgIpc) is 3.41. The maximum Gasteiger partial charge on any atom is 0.416 e. The molecular formula is C60H66ClF3N2O8S. The SMILES string of the molecule is CCCCOC(=O)c1ccc(CCNCCc2ccccc2OCc2ccc(-c3ccc(C(F)(F)F)cc3)cc2Cl)cc1.CCCCOC=O.Cc1ccc2c(n1)CCCC2.O=S(=O)(O)c1cccc2ccccc12. The maximum absolute atomic E-state index is 12.9. The lowest BCUT2D eigenvalue weighted by Crippen LogP contribution is -2.20. The maximum atomic E-state index is 12.9. The third-order valence-electron chi connectivity index (χ3n) is 12.1. The number of rotatable bonds is 19. The Bertz CT molecular complexity index is 2980. The average molecular weight is 1070 g/mol. The van der Waals surface area contributed by atoms with Crippen LogP contribution < -0.4 is 10.1 Å². The molecule has 15 heteroatoms. The van der Waals surface area contributed by atoms with Gasteiger partial charge < -0.3 is 19.5 Å². The Hall–Kier alpha value is -6.58. The number of carbonyl (C=O) groups is 2. The summed E-state index contributed by atoms with van der Waals surface area (Å²) in [6.07, 6.45) is 6.24. The first kappa shape index (κ1) is 59.3. The summed E-state index contributed by atoms with van der Waals surface area (Å²) in [6.45, 7) is 9.50. The van der Waals surface area contributed by atoms with Gasteiger partial charge in [-0.15, -0.1) is 0 Å². The van der Waals surface area contributed by atoms with Gasteiger partial charge in [0.2, 0.25) is 0 Å². The van der Waals surface area contributed by atoms with Crippen molar-refractivity contribution in [2.45, 2.75) is 103 Å². The molecule has 2 N–H and O–H groups in total. The van der Waals surface area contributed by atoms with Gasteiger partial charge in [0.05, 0.1) is 24.3 Å². The van der Waals surface area contributed by atoms with E-state index in [0.29, 0.717) is 41.2 Å². The van der Waals surface area contributed by atoms with Crippen molar-refractivity contribution in [3.8, 4) is 16.9 Å². The second-order valence-corrected chi connectivity index (χ2v) is 19.5. The number of hydrogen-bond donors (Lipinski definition) is 2. The number of benzene rings is 6. The third-order valence-corrected chi connectivity index (χ3v) is 13.3. The van der Waals surface area contributed by atoms with Gasteiger partial charge in [-0.25, -0.2) is 4.79 Å². The number of unbranched alkanes of at least 4 members (excludes halogenated alkanes) is 2. The summed E-state index contributed by atoms with van der Waals surface area (Å²) in [4.78, 5) is 26.0. The lowest BCUT2D eigenvalue weighted by Gasteiger charge is -2.14. The van der Waals surface area contributed by atoms with Crippen molar-refractivity contribution in [2.24, 2.45) is 0 Å². The summed E-state index contributed by atoms with van der Waals surface area (Å²) >= 11 is 6.51. The molecule has 0 saturated carbocycles. The second kappa shape index (κ2) is 30.7. The minimum Gasteiger partial charge on any atom is -0.489 e. The highest BCUT2D eigenvalue weighted by molar-refractivity contribution is 7.86. The summed E-state index contributed by atoms with van der Waals surface area (Å²) in [7, 11) is -4.13. The van der Waals surface area contributed by atoms with Crippen LogP contribution in [0.1, 0.15) is 102 Å². The number of fused-ring (bicyclic) bond motifs is 2. The fourth-order valence-corrected chi connectivity index (χ4v) is 8.82. The summed E-state index contributed by atoms with van der Waals surface area (Å²) < 4.78 is 85.4. The van der Waals surface area contributed by atoms with Crippen molar-refractivity contribution in [3.05, 3.63) is 195 Å². The van der Waals surface area contributed by atoms with E-state index in [1.165, 1.54) is 55.1 Å². The van der Waals surface area contributed by atoms with Crippen molar-refractivity contribution in [1.29, 1.82) is 0 Å². The zero-order chi connectivity index (χ0) is 54.1. The molecular weight excluding hydrogens is 1000 g/mol. The van der Waals surface area contributed by atoms with Crippen LogP contribution in [0.4, 0.5) is 13.2 Å². The van der Waals surface area contributed by atoms with Crippen LogP contribution in [0.2, 0.25) is 5.02 Å². The molecule has 0 amide bonds. The predicted octanol–water partition coefficient (Wildman–Crippen LogP) is 14.3. The lowest BCUT2D eigenvalue weighted by atomic mass is 9.96. The molecule has 0 bridgehead atoms. The van der Waals surface area contributed by atoms with E-state index in [0.717, 1.165) is 103 Å². The molecule has 6 aromatic carbocycles. The molecule has 1 heterocycles. The molecule has 7 aromatic rings. The Kier molecular flexibility index (Phi) is 24.3. The zero-order valence-electron chi connectivity index (χ0n) is 42.7. The molecule has 0 aliphatic heterocycles. The molecule has 0 unspecified atom stereocenters. The van der Waals surface area contributed by atoms with Crippen LogP contribution in [0.15, 0.2) is 150 Å². The molecule has 1 aliphatic rings. The van der Waals surface area contributed by atoms with Crippen LogP contribution >= 0.6 is 11.6 Å². The van der Waals surface area contributed by atoms with Crippen molar-refractivity contribution in [3.63, 3.8) is 0 Å². The second-order valence-electron chi connectivity index (χ2n) is 17.8. The van der Waals surface area contributed by atoms with Crippen LogP contribution in [-0.2, 0) is 62.9 Å². The smallest absolute Gasteiger partial charge is 0.416 e. The van der Waals surface area contributed by atoms with Crippen molar-refractivity contribution >= 4 is 44.9 Å². The Balaban J connectivity index is 0.000000258. The Labute approximate surface area is 444 Å². The molecule has 0 atom stereocenters. The van der Waals surface area contributed by atoms with Gasteiger partial charge >= 0.3 is 12.1 Å². The number of alkyl halides is 3. The largest absolute Gasteiger partial charge is 0.489 e. The Morgan fingerprint density at radius 3 is 2.13 bits per heavy atom. The molecule has 1 aliphatic carbocycles. The van der Waals surface area contributed by atoms with Crippen LogP contribution in [0, 0.1) is 6.92 Å². The molecule has 1 aromatic heterocycles. The fraction of sp³-hybridized carbons (Fsp3) is 0.317. The lowest BCUT2D eigenvalue weighted by molar-refractivity contribution is -0.137. The van der Waals surface area contributed by atoms with Gasteiger partial charge in [-0.2, -0.15) is 21.6 Å². The first-order valence-electron chi connectivity index (χ1n) is 25.2. The quantitative estimate of drug-likeness (QED) is 0.0348. The van der Waals surface area contributed by atoms with Gasteiger partial charge in [0.25, 0.3) is 16.6 Å². The van der Waals surface area contributed by atoms with Crippen molar-refractivity contribution < 1.29 is 49.9 Å². The summed E-state index contributed by atoms with van der Waals surface area (Å²) in [5, 5.41) is 5.28. The minimum atomic E-state index is -4.37. The Morgan fingerprint density at radius 1 is 0.760 bits per heavy atom. The molecule has 8 rings (SSSR count). The standard InChI is InChI=1S/C35H35ClF3NO3.C10H13N.C10H8O3S.C5H10O2/c1-2-3-22-42-34(41)28-10-8-25(9-11-28)18-20-40-21-19-27-6-4-5-7-33(27)43-24-30-13-12-29(23-32(30)36)26-14-16-31(17-15-26)35(37,38)39;1-8-6-7-9-4-2-3-5-10(9)11-8;11-14(12,13)10-7-3-5-8-4-1-2-6-9(8)10;1-2-3-4-7-5-6/h4-17,23,40H,2-3,18-22,24H2,1H3;6-7H,2-5H2,1H3;1-7H,(H,11,12,13);5H,2-4H2,1H3. The number of carbonyl (C=O) groups excluding carboxylic acids is 2. The summed E-state index contributed by atoms with van der Waals surface area (Å²) in [5.74, 6) is 0.491. The number of nitrogens with one attached hydrogen (secondary N) is 1. The molecule has 0 spiro atoms. The van der Waals surface area contributed by atoms with Gasteiger partial charge in [-0.3, -0.25) is 14.3 Å². The number of esters is 1. The topological polar surface area (TPSA) is 141 Å². The minimum absolute atomic E-state index is 0.0457. The van der Waals surface area contributed by atoms with Gasteiger partial charge in [-0.05, 0) is 153 Å². The number of para-hydroxylation sites is 1. The van der Waals surface area contributed by atoms with E-state index >= 15 is 0 Å². The molecule has 0 fully saturated rings. The first-order valence-corrected chi connectivity index (χ1v) is 27.0. The normalized spacial score (nSPS) is 11.8. The van der Waals surface area contributed by atoms with Gasteiger partial charge in [0.15, 0.2) is 0 Å². The summed E-state index contributed by atoms with van der Waals surface area (Å²) in [6, 6.07) is 42.0. The number of pyridine rings is 1. The number of hydrogen-bond acceptors (Lipinski definition) is 9. The van der Waals surface area contributed by atoms with E-state index in [1.54, 1.807) is 36.4 Å². The van der Waals surface area contributed by atoms with Gasteiger partial charge in [-0.1, -0.05) is 135 Å². The van der Waals surface area contributed by atoms with Crippen molar-refractivity contribution in [2.75, 3.05) is 26.3 Å². The third kappa shape index (κ3) is 19.9. The van der Waals surface area contributed by atoms with E-state index in [9.17, 15) is 31.2 Å². The Morgan fingerprint density at radius 2 is 1.43 bits per heavy atom. The van der Waals surface area contributed by atoms with Crippen LogP contribution in [0.5, 0.6) is 5.75 Å². The number of ether oxygens (including phenoxy) is 3. The van der Waals surface area contributed by atoms with E-state index in [2.05, 4.69) is 41.0 Å².